The summed E-state index contributed by atoms with van der Waals surface area (Å²) >= 11 is 0. The van der Waals surface area contributed by atoms with Crippen molar-refractivity contribution in [2.24, 2.45) is 0 Å². The van der Waals surface area contributed by atoms with Crippen LogP contribution >= 0.6 is 0 Å². The molecular formula is C18H24N2O4. The number of hydrogen-bond donors (Lipinski definition) is 1. The minimum absolute atomic E-state index is 0.0267. The third-order valence-electron chi connectivity index (χ3n) is 3.99. The highest BCUT2D eigenvalue weighted by Crippen LogP contribution is 2.12. The van der Waals surface area contributed by atoms with Gasteiger partial charge in [0.15, 0.2) is 6.10 Å². The van der Waals surface area contributed by atoms with Crippen LogP contribution in [0.5, 0.6) is 0 Å². The molecule has 0 aromatic heterocycles. The van der Waals surface area contributed by atoms with Gasteiger partial charge < -0.3 is 15.0 Å². The Bertz CT molecular complexity index is 598. The van der Waals surface area contributed by atoms with E-state index in [-0.39, 0.29) is 12.5 Å². The fourth-order valence-corrected chi connectivity index (χ4v) is 2.53. The molecule has 6 nitrogen and oxygen atoms in total. The monoisotopic (exact) mass is 332 g/mol. The molecular weight excluding hydrogens is 308 g/mol. The number of amides is 2. The number of nitrogens with zero attached hydrogens (tertiary/aromatic N) is 1. The first-order valence-corrected chi connectivity index (χ1v) is 8.30. The van der Waals surface area contributed by atoms with Crippen molar-refractivity contribution in [1.29, 1.82) is 0 Å². The first-order valence-electron chi connectivity index (χ1n) is 8.30. The van der Waals surface area contributed by atoms with Crippen LogP contribution < -0.4 is 5.32 Å². The number of carbonyl (C=O) groups is 3. The molecule has 1 fully saturated rings. The Hall–Kier alpha value is -2.37. The molecule has 1 N–H and O–H groups in total. The number of nitrogens with one attached hydrogen (secondary N) is 1. The highest BCUT2D eigenvalue weighted by Gasteiger charge is 2.23. The number of ether oxygens (including phenoxy) is 1. The lowest BCUT2D eigenvalue weighted by atomic mass is 10.2. The molecule has 0 bridgehead atoms. The predicted molar refractivity (Wildman–Crippen MR) is 90.4 cm³/mol. The van der Waals surface area contributed by atoms with Crippen LogP contribution in [0.2, 0.25) is 0 Å². The maximum Gasteiger partial charge on any atom is 0.326 e. The van der Waals surface area contributed by atoms with Gasteiger partial charge in [-0.25, -0.2) is 0 Å². The van der Waals surface area contributed by atoms with Gasteiger partial charge in [-0.3, -0.25) is 14.4 Å². The van der Waals surface area contributed by atoms with E-state index < -0.39 is 18.0 Å². The van der Waals surface area contributed by atoms with Crippen LogP contribution in [-0.4, -0.2) is 41.9 Å². The molecule has 1 saturated heterocycles. The Balaban J connectivity index is 1.82. The Morgan fingerprint density at radius 3 is 2.62 bits per heavy atom. The lowest BCUT2D eigenvalue weighted by molar-refractivity contribution is -0.156. The summed E-state index contributed by atoms with van der Waals surface area (Å²) in [4.78, 5) is 37.5. The van der Waals surface area contributed by atoms with Gasteiger partial charge in [0, 0.05) is 18.7 Å². The standard InChI is InChI=1S/C18H24N2O4/c1-13-7-9-15(10-8-13)19-18(23)14(2)24-17(22)12-20-11-5-3-4-6-16(20)21/h7-10,14H,3-6,11-12H2,1-2H3,(H,19,23)/t14-/m1/s1. The van der Waals surface area contributed by atoms with Gasteiger partial charge >= 0.3 is 5.97 Å². The summed E-state index contributed by atoms with van der Waals surface area (Å²) in [6.45, 7) is 3.95. The number of anilines is 1. The van der Waals surface area contributed by atoms with Crippen molar-refractivity contribution < 1.29 is 19.1 Å². The van der Waals surface area contributed by atoms with Crippen molar-refractivity contribution in [3.05, 3.63) is 29.8 Å². The SMILES string of the molecule is Cc1ccc(NC(=O)[C@@H](C)OC(=O)CN2CCCCCC2=O)cc1. The van der Waals surface area contributed by atoms with E-state index in [2.05, 4.69) is 5.32 Å². The first kappa shape index (κ1) is 18.0. The molecule has 0 unspecified atom stereocenters. The zero-order valence-electron chi connectivity index (χ0n) is 14.2. The maximum absolute atomic E-state index is 12.1. The van der Waals surface area contributed by atoms with E-state index in [9.17, 15) is 14.4 Å². The third-order valence-corrected chi connectivity index (χ3v) is 3.99. The smallest absolute Gasteiger partial charge is 0.326 e. The van der Waals surface area contributed by atoms with E-state index in [0.717, 1.165) is 24.8 Å². The fourth-order valence-electron chi connectivity index (χ4n) is 2.53. The van der Waals surface area contributed by atoms with Crippen molar-refractivity contribution in [2.45, 2.75) is 45.6 Å². The van der Waals surface area contributed by atoms with Crippen LogP contribution in [0.4, 0.5) is 5.69 Å². The lowest BCUT2D eigenvalue weighted by Gasteiger charge is -2.20. The average molecular weight is 332 g/mol. The molecule has 1 aromatic carbocycles. The Kier molecular flexibility index (Phi) is 6.35. The second-order valence-electron chi connectivity index (χ2n) is 6.11. The number of aryl methyl sites for hydroxylation is 1. The van der Waals surface area contributed by atoms with Crippen molar-refractivity contribution in [3.8, 4) is 0 Å². The number of hydrogen-bond acceptors (Lipinski definition) is 4. The summed E-state index contributed by atoms with van der Waals surface area (Å²) in [6.07, 6.45) is 2.30. The number of benzene rings is 1. The van der Waals surface area contributed by atoms with Gasteiger partial charge in [0.05, 0.1) is 0 Å². The van der Waals surface area contributed by atoms with Gasteiger partial charge in [0.2, 0.25) is 5.91 Å². The van der Waals surface area contributed by atoms with Crippen LogP contribution in [0.1, 0.15) is 38.2 Å². The van der Waals surface area contributed by atoms with E-state index >= 15 is 0 Å². The molecule has 0 radical (unpaired) electrons. The van der Waals surface area contributed by atoms with Gasteiger partial charge in [-0.15, -0.1) is 0 Å². The summed E-state index contributed by atoms with van der Waals surface area (Å²) in [5.41, 5.74) is 1.74. The van der Waals surface area contributed by atoms with Gasteiger partial charge in [-0.05, 0) is 38.8 Å². The Morgan fingerprint density at radius 2 is 1.92 bits per heavy atom. The van der Waals surface area contributed by atoms with Gasteiger partial charge in [-0.2, -0.15) is 0 Å². The van der Waals surface area contributed by atoms with Gasteiger partial charge in [0.1, 0.15) is 6.54 Å². The zero-order valence-corrected chi connectivity index (χ0v) is 14.2. The van der Waals surface area contributed by atoms with E-state index in [1.807, 2.05) is 19.1 Å². The molecule has 130 valence electrons. The Morgan fingerprint density at radius 1 is 1.21 bits per heavy atom. The number of rotatable bonds is 5. The second kappa shape index (κ2) is 8.47. The zero-order chi connectivity index (χ0) is 17.5. The molecule has 0 spiro atoms. The van der Waals surface area contributed by atoms with Crippen molar-refractivity contribution in [3.63, 3.8) is 0 Å². The van der Waals surface area contributed by atoms with Crippen LogP contribution in [0.3, 0.4) is 0 Å². The molecule has 0 aliphatic carbocycles. The van der Waals surface area contributed by atoms with E-state index in [0.29, 0.717) is 18.7 Å². The van der Waals surface area contributed by atoms with Crippen molar-refractivity contribution >= 4 is 23.5 Å². The minimum atomic E-state index is -0.916. The van der Waals surface area contributed by atoms with Crippen molar-refractivity contribution in [2.75, 3.05) is 18.4 Å². The van der Waals surface area contributed by atoms with Gasteiger partial charge in [-0.1, -0.05) is 24.1 Å². The minimum Gasteiger partial charge on any atom is -0.451 e. The summed E-state index contributed by atoms with van der Waals surface area (Å²) < 4.78 is 5.16. The van der Waals surface area contributed by atoms with E-state index in [1.165, 1.54) is 11.8 Å². The lowest BCUT2D eigenvalue weighted by Crippen LogP contribution is -2.38. The summed E-state index contributed by atoms with van der Waals surface area (Å²) in [5.74, 6) is -0.979. The largest absolute Gasteiger partial charge is 0.451 e. The molecule has 24 heavy (non-hydrogen) atoms. The molecule has 0 saturated carbocycles. The molecule has 1 aliphatic heterocycles. The number of carbonyl (C=O) groups excluding carboxylic acids is 3. The van der Waals surface area contributed by atoms with Crippen LogP contribution in [-0.2, 0) is 19.1 Å². The molecule has 2 rings (SSSR count). The second-order valence-corrected chi connectivity index (χ2v) is 6.11. The summed E-state index contributed by atoms with van der Waals surface area (Å²) in [5, 5.41) is 2.70. The first-order chi connectivity index (χ1) is 11.5. The van der Waals surface area contributed by atoms with Crippen LogP contribution in [0.15, 0.2) is 24.3 Å². The van der Waals surface area contributed by atoms with E-state index in [4.69, 9.17) is 4.74 Å². The fraction of sp³-hybridized carbons (Fsp3) is 0.500. The van der Waals surface area contributed by atoms with Crippen LogP contribution in [0.25, 0.3) is 0 Å². The number of esters is 1. The summed E-state index contributed by atoms with van der Waals surface area (Å²) in [7, 11) is 0. The quantitative estimate of drug-likeness (QED) is 0.839. The highest BCUT2D eigenvalue weighted by molar-refractivity contribution is 5.95. The third kappa shape index (κ3) is 5.37. The predicted octanol–water partition coefficient (Wildman–Crippen LogP) is 2.27. The number of likely N-dealkylation sites (tertiary alicyclic amines) is 1. The molecule has 1 aromatic rings. The Labute approximate surface area is 142 Å². The summed E-state index contributed by atoms with van der Waals surface area (Å²) in [6, 6.07) is 7.35. The molecule has 1 heterocycles. The van der Waals surface area contributed by atoms with Crippen molar-refractivity contribution in [1.82, 2.24) is 4.90 Å². The maximum atomic E-state index is 12.1. The molecule has 1 aliphatic rings. The molecule has 6 heteroatoms. The topological polar surface area (TPSA) is 75.7 Å². The average Bonchev–Trinajstić information content (AvgIpc) is 2.74. The van der Waals surface area contributed by atoms with Gasteiger partial charge in [0.25, 0.3) is 5.91 Å². The molecule has 2 amide bonds. The van der Waals surface area contributed by atoms with Crippen LogP contribution in [0, 0.1) is 6.92 Å². The normalized spacial score (nSPS) is 16.2. The molecule has 1 atom stereocenters. The highest BCUT2D eigenvalue weighted by atomic mass is 16.5. The van der Waals surface area contributed by atoms with E-state index in [1.54, 1.807) is 12.1 Å².